The van der Waals surface area contributed by atoms with Gasteiger partial charge in [-0.3, -0.25) is 4.79 Å². The minimum Gasteiger partial charge on any atom is -0.353 e. The van der Waals surface area contributed by atoms with Gasteiger partial charge in [-0.2, -0.15) is 4.98 Å². The lowest BCUT2D eigenvalue weighted by atomic mass is 10.2. The molecule has 2 fully saturated rings. The summed E-state index contributed by atoms with van der Waals surface area (Å²) in [5, 5.41) is 4.02. The van der Waals surface area contributed by atoms with E-state index in [2.05, 4.69) is 20.0 Å². The summed E-state index contributed by atoms with van der Waals surface area (Å²) in [6, 6.07) is 3.96. The van der Waals surface area contributed by atoms with Crippen molar-refractivity contribution >= 4 is 11.7 Å². The van der Waals surface area contributed by atoms with Gasteiger partial charge < -0.3 is 14.3 Å². The first-order valence-electron chi connectivity index (χ1n) is 8.95. The zero-order chi connectivity index (χ0) is 17.4. The van der Waals surface area contributed by atoms with Gasteiger partial charge in [0.2, 0.25) is 17.6 Å². The molecule has 7 nitrogen and oxygen atoms in total. The third-order valence-corrected chi connectivity index (χ3v) is 4.78. The Hall–Kier alpha value is -2.44. The van der Waals surface area contributed by atoms with Crippen molar-refractivity contribution in [2.45, 2.75) is 32.6 Å². The van der Waals surface area contributed by atoms with Crippen molar-refractivity contribution in [3.05, 3.63) is 24.2 Å². The summed E-state index contributed by atoms with van der Waals surface area (Å²) < 4.78 is 5.25. The Morgan fingerprint density at radius 1 is 1.20 bits per heavy atom. The number of nitrogens with zero attached hydrogens (tertiary/aromatic N) is 5. The van der Waals surface area contributed by atoms with E-state index in [9.17, 15) is 4.79 Å². The molecule has 0 bridgehead atoms. The molecule has 2 aromatic heterocycles. The predicted molar refractivity (Wildman–Crippen MR) is 93.1 cm³/mol. The number of aromatic nitrogens is 3. The van der Waals surface area contributed by atoms with E-state index in [1.165, 1.54) is 0 Å². The number of hydrogen-bond donors (Lipinski definition) is 0. The van der Waals surface area contributed by atoms with Crippen LogP contribution in [0.15, 0.2) is 22.9 Å². The van der Waals surface area contributed by atoms with Gasteiger partial charge in [0.1, 0.15) is 5.82 Å². The normalized spacial score (nSPS) is 18.0. The molecule has 0 N–H and O–H groups in total. The Bertz CT molecular complexity index is 743. The first kappa shape index (κ1) is 16.1. The SMILES string of the molecule is CC(C)c1nc(-c2ccc(N3CCN(C(=O)C4CC4)CC3)nc2)no1. The summed E-state index contributed by atoms with van der Waals surface area (Å²) in [4.78, 5) is 25.3. The molecule has 1 saturated heterocycles. The fourth-order valence-corrected chi connectivity index (χ4v) is 3.04. The summed E-state index contributed by atoms with van der Waals surface area (Å²) in [5.74, 6) is 2.98. The van der Waals surface area contributed by atoms with Gasteiger partial charge in [0.15, 0.2) is 0 Å². The summed E-state index contributed by atoms with van der Waals surface area (Å²) in [7, 11) is 0. The second-order valence-electron chi connectivity index (χ2n) is 7.10. The zero-order valence-electron chi connectivity index (χ0n) is 14.7. The van der Waals surface area contributed by atoms with E-state index >= 15 is 0 Å². The molecule has 2 aliphatic rings. The Balaban J connectivity index is 1.39. The van der Waals surface area contributed by atoms with Gasteiger partial charge in [0.25, 0.3) is 0 Å². The molecule has 1 saturated carbocycles. The highest BCUT2D eigenvalue weighted by atomic mass is 16.5. The van der Waals surface area contributed by atoms with Gasteiger partial charge in [-0.05, 0) is 25.0 Å². The zero-order valence-corrected chi connectivity index (χ0v) is 14.7. The van der Waals surface area contributed by atoms with Crippen LogP contribution in [-0.2, 0) is 4.79 Å². The van der Waals surface area contributed by atoms with Crippen LogP contribution in [0, 0.1) is 5.92 Å². The van der Waals surface area contributed by atoms with Crippen LogP contribution in [0.5, 0.6) is 0 Å². The molecule has 0 atom stereocenters. The van der Waals surface area contributed by atoms with Crippen molar-refractivity contribution in [1.29, 1.82) is 0 Å². The molecule has 1 aliphatic carbocycles. The molecule has 0 aromatic carbocycles. The highest BCUT2D eigenvalue weighted by molar-refractivity contribution is 5.81. The maximum Gasteiger partial charge on any atom is 0.229 e. The van der Waals surface area contributed by atoms with Crippen molar-refractivity contribution in [1.82, 2.24) is 20.0 Å². The van der Waals surface area contributed by atoms with Crippen molar-refractivity contribution in [2.75, 3.05) is 31.1 Å². The number of carbonyl (C=O) groups is 1. The molecule has 0 spiro atoms. The predicted octanol–water partition coefficient (Wildman–Crippen LogP) is 2.31. The lowest BCUT2D eigenvalue weighted by Crippen LogP contribution is -2.49. The second-order valence-corrected chi connectivity index (χ2v) is 7.10. The monoisotopic (exact) mass is 341 g/mol. The van der Waals surface area contributed by atoms with E-state index in [-0.39, 0.29) is 5.92 Å². The number of pyridine rings is 1. The molecule has 1 amide bonds. The number of rotatable bonds is 4. The Morgan fingerprint density at radius 3 is 2.52 bits per heavy atom. The Labute approximate surface area is 147 Å². The molecule has 4 rings (SSSR count). The molecule has 2 aromatic rings. The molecule has 3 heterocycles. The lowest BCUT2D eigenvalue weighted by molar-refractivity contribution is -0.132. The first-order chi connectivity index (χ1) is 12.1. The van der Waals surface area contributed by atoms with Crippen LogP contribution in [0.25, 0.3) is 11.4 Å². The summed E-state index contributed by atoms with van der Waals surface area (Å²) >= 11 is 0. The van der Waals surface area contributed by atoms with Gasteiger partial charge >= 0.3 is 0 Å². The number of hydrogen-bond acceptors (Lipinski definition) is 6. The third-order valence-electron chi connectivity index (χ3n) is 4.78. The van der Waals surface area contributed by atoms with Gasteiger partial charge in [-0.25, -0.2) is 4.98 Å². The molecule has 25 heavy (non-hydrogen) atoms. The molecular weight excluding hydrogens is 318 g/mol. The van der Waals surface area contributed by atoms with E-state index < -0.39 is 0 Å². The fourth-order valence-electron chi connectivity index (χ4n) is 3.04. The van der Waals surface area contributed by atoms with Crippen LogP contribution in [0.2, 0.25) is 0 Å². The molecule has 132 valence electrons. The van der Waals surface area contributed by atoms with Gasteiger partial charge in [0.05, 0.1) is 0 Å². The molecule has 0 unspecified atom stereocenters. The lowest BCUT2D eigenvalue weighted by Gasteiger charge is -2.35. The van der Waals surface area contributed by atoms with Crippen LogP contribution in [-0.4, -0.2) is 52.1 Å². The minimum atomic E-state index is 0.211. The quantitative estimate of drug-likeness (QED) is 0.849. The average molecular weight is 341 g/mol. The van der Waals surface area contributed by atoms with Crippen molar-refractivity contribution in [3.8, 4) is 11.4 Å². The van der Waals surface area contributed by atoms with Crippen LogP contribution in [0.4, 0.5) is 5.82 Å². The van der Waals surface area contributed by atoms with Crippen molar-refractivity contribution < 1.29 is 9.32 Å². The smallest absolute Gasteiger partial charge is 0.229 e. The topological polar surface area (TPSA) is 75.4 Å². The van der Waals surface area contributed by atoms with Gasteiger partial charge in [0, 0.05) is 49.8 Å². The van der Waals surface area contributed by atoms with E-state index in [0.717, 1.165) is 50.4 Å². The molecular formula is C18H23N5O2. The number of piperazine rings is 1. The van der Waals surface area contributed by atoms with Crippen LogP contribution in [0.1, 0.15) is 38.5 Å². The van der Waals surface area contributed by atoms with Gasteiger partial charge in [-0.1, -0.05) is 19.0 Å². The minimum absolute atomic E-state index is 0.211. The Kier molecular flexibility index (Phi) is 4.15. The number of anilines is 1. The van der Waals surface area contributed by atoms with Gasteiger partial charge in [-0.15, -0.1) is 0 Å². The standard InChI is InChI=1S/C18H23N5O2/c1-12(2)17-20-16(21-25-17)14-5-6-15(19-11-14)22-7-9-23(10-8-22)18(24)13-3-4-13/h5-6,11-13H,3-4,7-10H2,1-2H3. The molecule has 0 radical (unpaired) electrons. The van der Waals surface area contributed by atoms with E-state index in [4.69, 9.17) is 4.52 Å². The van der Waals surface area contributed by atoms with E-state index in [0.29, 0.717) is 23.5 Å². The van der Waals surface area contributed by atoms with Crippen molar-refractivity contribution in [2.24, 2.45) is 5.92 Å². The third kappa shape index (κ3) is 3.36. The maximum atomic E-state index is 12.1. The summed E-state index contributed by atoms with van der Waals surface area (Å²) in [6.45, 7) is 7.25. The summed E-state index contributed by atoms with van der Waals surface area (Å²) in [5.41, 5.74) is 0.849. The molecule has 7 heteroatoms. The first-order valence-corrected chi connectivity index (χ1v) is 8.95. The number of carbonyl (C=O) groups excluding carboxylic acids is 1. The van der Waals surface area contributed by atoms with E-state index in [1.54, 1.807) is 6.20 Å². The van der Waals surface area contributed by atoms with Crippen LogP contribution < -0.4 is 4.90 Å². The summed E-state index contributed by atoms with van der Waals surface area (Å²) in [6.07, 6.45) is 3.92. The second kappa shape index (κ2) is 6.46. The largest absolute Gasteiger partial charge is 0.353 e. The number of amides is 1. The highest BCUT2D eigenvalue weighted by Crippen LogP contribution is 2.31. The highest BCUT2D eigenvalue weighted by Gasteiger charge is 2.34. The van der Waals surface area contributed by atoms with Crippen molar-refractivity contribution in [3.63, 3.8) is 0 Å². The maximum absolute atomic E-state index is 12.1. The van der Waals surface area contributed by atoms with E-state index in [1.807, 2.05) is 30.9 Å². The Morgan fingerprint density at radius 2 is 1.96 bits per heavy atom. The van der Waals surface area contributed by atoms with Crippen LogP contribution >= 0.6 is 0 Å². The fraction of sp³-hybridized carbons (Fsp3) is 0.556. The average Bonchev–Trinajstić information content (AvgIpc) is 3.37. The van der Waals surface area contributed by atoms with Crippen LogP contribution in [0.3, 0.4) is 0 Å². The molecule has 1 aliphatic heterocycles.